The van der Waals surface area contributed by atoms with Gasteiger partial charge in [0, 0.05) is 17.1 Å². The van der Waals surface area contributed by atoms with Crippen molar-refractivity contribution in [2.75, 3.05) is 5.32 Å². The summed E-state index contributed by atoms with van der Waals surface area (Å²) in [4.78, 5) is 21.9. The Bertz CT molecular complexity index is 533. The van der Waals surface area contributed by atoms with Crippen LogP contribution in [0.3, 0.4) is 0 Å². The summed E-state index contributed by atoms with van der Waals surface area (Å²) < 4.78 is 0. The number of H-pyrrole nitrogens is 1. The molecule has 16 heavy (non-hydrogen) atoms. The molecule has 0 aliphatic heterocycles. The van der Waals surface area contributed by atoms with Gasteiger partial charge in [-0.3, -0.25) is 4.79 Å². The standard InChI is InChI=1S/C10H12N4OS/c1-6-4-16-10(13-6)7(2)14-8-3-9(15)12-5-11-8/h3-5,7H,1-2H3,(H2,11,12,14,15). The first-order valence-electron chi connectivity index (χ1n) is 4.88. The SMILES string of the molecule is Cc1csc(C(C)Nc2cc(=O)[nH]cn2)n1. The number of aromatic nitrogens is 3. The maximum Gasteiger partial charge on any atom is 0.252 e. The van der Waals surface area contributed by atoms with Crippen LogP contribution in [0.25, 0.3) is 0 Å². The number of nitrogens with one attached hydrogen (secondary N) is 2. The Labute approximate surface area is 96.6 Å². The number of anilines is 1. The predicted molar refractivity (Wildman–Crippen MR) is 63.7 cm³/mol. The van der Waals surface area contributed by atoms with Crippen molar-refractivity contribution in [2.45, 2.75) is 19.9 Å². The molecule has 2 aromatic heterocycles. The Kier molecular flexibility index (Phi) is 3.00. The van der Waals surface area contributed by atoms with E-state index in [1.54, 1.807) is 11.3 Å². The minimum Gasteiger partial charge on any atom is -0.361 e. The van der Waals surface area contributed by atoms with Crippen LogP contribution in [0.4, 0.5) is 5.82 Å². The van der Waals surface area contributed by atoms with Gasteiger partial charge in [0.1, 0.15) is 10.8 Å². The van der Waals surface area contributed by atoms with E-state index in [0.717, 1.165) is 10.7 Å². The lowest BCUT2D eigenvalue weighted by Crippen LogP contribution is -2.12. The molecule has 2 heterocycles. The molecule has 6 heteroatoms. The topological polar surface area (TPSA) is 70.7 Å². The molecule has 1 atom stereocenters. The minimum atomic E-state index is -0.167. The van der Waals surface area contributed by atoms with Gasteiger partial charge in [-0.05, 0) is 13.8 Å². The van der Waals surface area contributed by atoms with Gasteiger partial charge in [-0.15, -0.1) is 11.3 Å². The second-order valence-corrected chi connectivity index (χ2v) is 4.38. The maximum absolute atomic E-state index is 11.1. The Morgan fingerprint density at radius 3 is 3.00 bits per heavy atom. The van der Waals surface area contributed by atoms with Crippen molar-refractivity contribution in [3.8, 4) is 0 Å². The van der Waals surface area contributed by atoms with Gasteiger partial charge < -0.3 is 10.3 Å². The Morgan fingerprint density at radius 1 is 1.56 bits per heavy atom. The summed E-state index contributed by atoms with van der Waals surface area (Å²) in [5.74, 6) is 0.559. The van der Waals surface area contributed by atoms with Crippen molar-refractivity contribution in [1.82, 2.24) is 15.0 Å². The molecule has 0 fully saturated rings. The normalized spacial score (nSPS) is 12.4. The molecular formula is C10H12N4OS. The van der Waals surface area contributed by atoms with Crippen LogP contribution in [0.1, 0.15) is 23.7 Å². The first-order valence-corrected chi connectivity index (χ1v) is 5.76. The number of hydrogen-bond acceptors (Lipinski definition) is 5. The summed E-state index contributed by atoms with van der Waals surface area (Å²) in [5, 5.41) is 6.11. The number of aryl methyl sites for hydroxylation is 1. The number of rotatable bonds is 3. The van der Waals surface area contributed by atoms with Crippen molar-refractivity contribution in [2.24, 2.45) is 0 Å². The van der Waals surface area contributed by atoms with Crippen LogP contribution in [0.5, 0.6) is 0 Å². The van der Waals surface area contributed by atoms with Gasteiger partial charge in [-0.2, -0.15) is 0 Å². The van der Waals surface area contributed by atoms with E-state index in [0.29, 0.717) is 5.82 Å². The lowest BCUT2D eigenvalue weighted by Gasteiger charge is -2.10. The highest BCUT2D eigenvalue weighted by Crippen LogP contribution is 2.20. The largest absolute Gasteiger partial charge is 0.361 e. The van der Waals surface area contributed by atoms with E-state index >= 15 is 0 Å². The maximum atomic E-state index is 11.1. The van der Waals surface area contributed by atoms with Crippen LogP contribution in [0.15, 0.2) is 22.6 Å². The highest BCUT2D eigenvalue weighted by molar-refractivity contribution is 7.09. The van der Waals surface area contributed by atoms with Crippen molar-refractivity contribution >= 4 is 17.2 Å². The number of thiazole rings is 1. The molecule has 5 nitrogen and oxygen atoms in total. The highest BCUT2D eigenvalue weighted by atomic mass is 32.1. The van der Waals surface area contributed by atoms with Gasteiger partial charge in [-0.1, -0.05) is 0 Å². The van der Waals surface area contributed by atoms with E-state index in [2.05, 4.69) is 20.3 Å². The number of hydrogen-bond donors (Lipinski definition) is 2. The van der Waals surface area contributed by atoms with Crippen LogP contribution in [0, 0.1) is 6.92 Å². The first kappa shape index (κ1) is 10.8. The quantitative estimate of drug-likeness (QED) is 0.851. The molecule has 0 bridgehead atoms. The lowest BCUT2D eigenvalue weighted by molar-refractivity contribution is 0.852. The van der Waals surface area contributed by atoms with Crippen LogP contribution in [-0.2, 0) is 0 Å². The summed E-state index contributed by atoms with van der Waals surface area (Å²) in [6.45, 7) is 3.94. The van der Waals surface area contributed by atoms with Gasteiger partial charge in [-0.25, -0.2) is 9.97 Å². The molecule has 0 amide bonds. The van der Waals surface area contributed by atoms with Crippen molar-refractivity contribution in [3.63, 3.8) is 0 Å². The average Bonchev–Trinajstić information content (AvgIpc) is 2.65. The smallest absolute Gasteiger partial charge is 0.252 e. The third kappa shape index (κ3) is 2.46. The molecule has 0 aliphatic rings. The molecule has 2 rings (SSSR count). The first-order chi connectivity index (χ1) is 7.65. The molecule has 84 valence electrons. The zero-order valence-corrected chi connectivity index (χ0v) is 9.84. The predicted octanol–water partition coefficient (Wildman–Crippen LogP) is 1.71. The second kappa shape index (κ2) is 4.44. The molecule has 0 saturated heterocycles. The fourth-order valence-corrected chi connectivity index (χ4v) is 2.11. The van der Waals surface area contributed by atoms with Crippen molar-refractivity contribution < 1.29 is 0 Å². The lowest BCUT2D eigenvalue weighted by atomic mass is 10.3. The zero-order chi connectivity index (χ0) is 11.5. The molecule has 0 aliphatic carbocycles. The third-order valence-corrected chi connectivity index (χ3v) is 3.20. The summed E-state index contributed by atoms with van der Waals surface area (Å²) >= 11 is 1.59. The second-order valence-electron chi connectivity index (χ2n) is 3.49. The number of nitrogens with zero attached hydrogens (tertiary/aromatic N) is 2. The average molecular weight is 236 g/mol. The van der Waals surface area contributed by atoms with Crippen molar-refractivity contribution in [1.29, 1.82) is 0 Å². The van der Waals surface area contributed by atoms with Crippen LogP contribution in [0.2, 0.25) is 0 Å². The van der Waals surface area contributed by atoms with Gasteiger partial charge in [0.15, 0.2) is 0 Å². The summed E-state index contributed by atoms with van der Waals surface area (Å²) in [6.07, 6.45) is 1.38. The zero-order valence-electron chi connectivity index (χ0n) is 9.02. The molecule has 1 unspecified atom stereocenters. The molecular weight excluding hydrogens is 224 g/mol. The Hall–Kier alpha value is -1.69. The molecule has 0 radical (unpaired) electrons. The van der Waals surface area contributed by atoms with Gasteiger partial charge in [0.2, 0.25) is 0 Å². The van der Waals surface area contributed by atoms with E-state index in [1.807, 2.05) is 19.2 Å². The Morgan fingerprint density at radius 2 is 2.38 bits per heavy atom. The summed E-state index contributed by atoms with van der Waals surface area (Å²) in [6, 6.07) is 1.48. The van der Waals surface area contributed by atoms with Crippen molar-refractivity contribution in [3.05, 3.63) is 38.8 Å². The van der Waals surface area contributed by atoms with Crippen LogP contribution in [-0.4, -0.2) is 15.0 Å². The fourth-order valence-electron chi connectivity index (χ4n) is 1.30. The summed E-state index contributed by atoms with van der Waals surface area (Å²) in [7, 11) is 0. The fraction of sp³-hybridized carbons (Fsp3) is 0.300. The minimum absolute atomic E-state index is 0.0491. The van der Waals surface area contributed by atoms with Crippen LogP contribution < -0.4 is 10.9 Å². The van der Waals surface area contributed by atoms with E-state index in [1.165, 1.54) is 12.4 Å². The number of aromatic amines is 1. The molecule has 0 saturated carbocycles. The summed E-state index contributed by atoms with van der Waals surface area (Å²) in [5.41, 5.74) is 0.840. The van der Waals surface area contributed by atoms with E-state index in [4.69, 9.17) is 0 Å². The molecule has 2 aromatic rings. The van der Waals surface area contributed by atoms with Crippen LogP contribution >= 0.6 is 11.3 Å². The monoisotopic (exact) mass is 236 g/mol. The van der Waals surface area contributed by atoms with Gasteiger partial charge in [0.25, 0.3) is 5.56 Å². The van der Waals surface area contributed by atoms with Gasteiger partial charge in [0.05, 0.1) is 12.4 Å². The highest BCUT2D eigenvalue weighted by Gasteiger charge is 2.09. The van der Waals surface area contributed by atoms with Gasteiger partial charge >= 0.3 is 0 Å². The molecule has 0 spiro atoms. The Balaban J connectivity index is 2.13. The third-order valence-electron chi connectivity index (χ3n) is 2.05. The van der Waals surface area contributed by atoms with E-state index in [-0.39, 0.29) is 11.6 Å². The molecule has 2 N–H and O–H groups in total. The van der Waals surface area contributed by atoms with E-state index in [9.17, 15) is 4.79 Å². The van der Waals surface area contributed by atoms with E-state index < -0.39 is 0 Å². The molecule has 0 aromatic carbocycles.